The number of anilines is 3. The Morgan fingerprint density at radius 3 is 2.09 bits per heavy atom. The standard InChI is InChI=1S/C89H94N2O/c1-8-63-26-30-65(31-27-63)68-40-51-79(52-41-68)92-60-62(4)25-24-61(3)59-89(74-18-12-10-13-19-74)84-23-17-16-22-80(84)81-53-50-78(58-85(81)89)90(76-46-36-67(37-47-76)66-34-44-73(45-35-66)88(5,6)7)77-48-38-70(39-49-77)72-43-55-87-83(57-72)82-56-71(69-32-28-64(9-2)29-33-69)42-54-86(82)91(87)75-20-14-11-15-21-75/h8-18,20-23,26,28-38,40-44,46-48,50-51,53-55,57-58,61-63,73-74,79-80,82-84,87H,1-2,19,24-25,27,39,45,49,52,56,59-60H2,3-7H3. The van der Waals surface area contributed by atoms with Crippen molar-refractivity contribution in [3.8, 4) is 0 Å². The van der Waals surface area contributed by atoms with Crippen molar-refractivity contribution in [3.05, 3.63) is 324 Å². The molecule has 12 unspecified atom stereocenters. The normalized spacial score (nSPS) is 28.1. The SMILES string of the molecule is C=Cc1ccc(C2=CC=C3C(C2)C2C=C(C4=CC=C(N(c5ccc(C6=CCC(C(C)(C)C)C=C6)cc5)c5ccc6c(c5)C(CC(C)CCC(C)COC5C=CC(C7=CCC(C=C)C=C7)=CC5)(C5C=CC=CC5)C5C=CC=CC65)CC4)C=CC2N3c2ccccc2)cc1. The number of rotatable bonds is 19. The maximum Gasteiger partial charge on any atom is 0.0793 e. The second-order valence-electron chi connectivity index (χ2n) is 29.2. The molecule has 466 valence electrons. The second kappa shape index (κ2) is 26.4. The van der Waals surface area contributed by atoms with Crippen molar-refractivity contribution in [2.24, 2.45) is 52.8 Å². The first-order valence-corrected chi connectivity index (χ1v) is 34.8. The van der Waals surface area contributed by atoms with E-state index in [0.717, 1.165) is 70.0 Å². The van der Waals surface area contributed by atoms with Crippen LogP contribution in [0.4, 0.5) is 17.1 Å². The van der Waals surface area contributed by atoms with E-state index in [1.165, 1.54) is 85.0 Å². The van der Waals surface area contributed by atoms with Gasteiger partial charge in [0.1, 0.15) is 0 Å². The molecule has 4 aromatic rings. The number of fused-ring (bicyclic) bond motifs is 6. The van der Waals surface area contributed by atoms with Crippen molar-refractivity contribution in [2.45, 2.75) is 122 Å². The topological polar surface area (TPSA) is 15.7 Å². The Morgan fingerprint density at radius 2 is 1.38 bits per heavy atom. The molecule has 12 atom stereocenters. The zero-order chi connectivity index (χ0) is 62.9. The third-order valence-corrected chi connectivity index (χ3v) is 22.4. The zero-order valence-electron chi connectivity index (χ0n) is 55.1. The maximum absolute atomic E-state index is 6.65. The fourth-order valence-electron chi connectivity index (χ4n) is 17.1. The van der Waals surface area contributed by atoms with E-state index >= 15 is 0 Å². The molecule has 1 aliphatic heterocycles. The summed E-state index contributed by atoms with van der Waals surface area (Å²) < 4.78 is 6.65. The summed E-state index contributed by atoms with van der Waals surface area (Å²) in [5.74, 6) is 3.74. The van der Waals surface area contributed by atoms with Gasteiger partial charge in [-0.25, -0.2) is 0 Å². The van der Waals surface area contributed by atoms with Crippen LogP contribution in [-0.2, 0) is 10.2 Å². The first kappa shape index (κ1) is 61.3. The van der Waals surface area contributed by atoms with Crippen molar-refractivity contribution < 1.29 is 4.74 Å². The van der Waals surface area contributed by atoms with Crippen LogP contribution in [0.2, 0.25) is 0 Å². The minimum Gasteiger partial charge on any atom is -0.374 e. The van der Waals surface area contributed by atoms with Gasteiger partial charge in [-0.3, -0.25) is 0 Å². The highest BCUT2D eigenvalue weighted by molar-refractivity contribution is 5.79. The molecule has 9 aliphatic carbocycles. The first-order valence-electron chi connectivity index (χ1n) is 34.8. The minimum atomic E-state index is -0.0908. The predicted octanol–water partition coefficient (Wildman–Crippen LogP) is 22.7. The number of para-hydroxylation sites is 1. The molecule has 92 heavy (non-hydrogen) atoms. The highest BCUT2D eigenvalue weighted by Gasteiger charge is 2.55. The lowest BCUT2D eigenvalue weighted by Gasteiger charge is -2.45. The van der Waals surface area contributed by atoms with Gasteiger partial charge in [-0.1, -0.05) is 254 Å². The van der Waals surface area contributed by atoms with Gasteiger partial charge < -0.3 is 14.5 Å². The summed E-state index contributed by atoms with van der Waals surface area (Å²) in [6.45, 7) is 20.8. The van der Waals surface area contributed by atoms with Crippen LogP contribution in [0.5, 0.6) is 0 Å². The van der Waals surface area contributed by atoms with Crippen LogP contribution in [0.1, 0.15) is 133 Å². The molecule has 0 radical (unpaired) electrons. The third kappa shape index (κ3) is 12.2. The summed E-state index contributed by atoms with van der Waals surface area (Å²) in [5.41, 5.74) is 21.6. The van der Waals surface area contributed by atoms with E-state index in [1.54, 1.807) is 5.56 Å². The van der Waals surface area contributed by atoms with Crippen LogP contribution in [0.25, 0.3) is 17.2 Å². The number of nitrogens with zero attached hydrogens (tertiary/aromatic N) is 2. The fourth-order valence-corrected chi connectivity index (χ4v) is 17.1. The number of hydrogen-bond donors (Lipinski definition) is 0. The summed E-state index contributed by atoms with van der Waals surface area (Å²) in [5, 5.41) is 0. The van der Waals surface area contributed by atoms with E-state index in [4.69, 9.17) is 4.74 Å². The van der Waals surface area contributed by atoms with E-state index in [0.29, 0.717) is 53.3 Å². The van der Waals surface area contributed by atoms with Crippen LogP contribution < -0.4 is 9.80 Å². The molecule has 3 heteroatoms. The average Bonchev–Trinajstić information content (AvgIpc) is 1.55. The molecule has 0 spiro atoms. The Bertz CT molecular complexity index is 3990. The summed E-state index contributed by atoms with van der Waals surface area (Å²) in [7, 11) is 0. The molecule has 0 N–H and O–H groups in total. The van der Waals surface area contributed by atoms with Crippen LogP contribution in [0.3, 0.4) is 0 Å². The first-order chi connectivity index (χ1) is 44.9. The second-order valence-corrected chi connectivity index (χ2v) is 29.2. The molecule has 1 fully saturated rings. The van der Waals surface area contributed by atoms with Crippen molar-refractivity contribution >= 4 is 34.3 Å². The highest BCUT2D eigenvalue weighted by atomic mass is 16.5. The van der Waals surface area contributed by atoms with Crippen molar-refractivity contribution in [1.29, 1.82) is 0 Å². The maximum atomic E-state index is 6.65. The summed E-state index contributed by atoms with van der Waals surface area (Å²) in [6.07, 6.45) is 72.3. The molecular weight excluding hydrogens is 1110 g/mol. The van der Waals surface area contributed by atoms with Crippen LogP contribution in [0.15, 0.2) is 296 Å². The van der Waals surface area contributed by atoms with Crippen LogP contribution >= 0.6 is 0 Å². The van der Waals surface area contributed by atoms with Crippen LogP contribution in [-0.4, -0.2) is 18.8 Å². The minimum absolute atomic E-state index is 0.0908. The zero-order valence-corrected chi connectivity index (χ0v) is 55.1. The molecule has 4 aromatic carbocycles. The molecular formula is C89H94N2O. The smallest absolute Gasteiger partial charge is 0.0793 e. The molecule has 0 bridgehead atoms. The number of ether oxygens (including phenoxy) is 1. The Labute approximate surface area is 550 Å². The molecule has 14 rings (SSSR count). The van der Waals surface area contributed by atoms with E-state index in [2.05, 4.69) is 300 Å². The molecule has 1 heterocycles. The Hall–Kier alpha value is -8.24. The van der Waals surface area contributed by atoms with Gasteiger partial charge in [0.2, 0.25) is 0 Å². The molecule has 10 aliphatic rings. The Morgan fingerprint density at radius 1 is 0.652 bits per heavy atom. The number of benzene rings is 4. The van der Waals surface area contributed by atoms with E-state index in [1.807, 2.05) is 12.2 Å². The largest absolute Gasteiger partial charge is 0.374 e. The van der Waals surface area contributed by atoms with Crippen molar-refractivity contribution in [3.63, 3.8) is 0 Å². The lowest BCUT2D eigenvalue weighted by molar-refractivity contribution is 0.0578. The van der Waals surface area contributed by atoms with Gasteiger partial charge in [0.05, 0.1) is 12.1 Å². The number of hydrogen-bond acceptors (Lipinski definition) is 3. The fraction of sp³-hybridized carbons (Fsp3) is 0.326. The lowest BCUT2D eigenvalue weighted by atomic mass is 9.58. The van der Waals surface area contributed by atoms with Gasteiger partial charge >= 0.3 is 0 Å². The molecule has 0 aromatic heterocycles. The summed E-state index contributed by atoms with van der Waals surface area (Å²) in [4.78, 5) is 5.25. The van der Waals surface area contributed by atoms with E-state index in [9.17, 15) is 0 Å². The van der Waals surface area contributed by atoms with Crippen molar-refractivity contribution in [1.82, 2.24) is 0 Å². The van der Waals surface area contributed by atoms with Gasteiger partial charge in [0.25, 0.3) is 0 Å². The van der Waals surface area contributed by atoms with Gasteiger partial charge in [-0.05, 0) is 209 Å². The Kier molecular flexibility index (Phi) is 17.6. The highest BCUT2D eigenvalue weighted by Crippen LogP contribution is 2.62. The molecule has 0 saturated carbocycles. The number of allylic oxidation sites excluding steroid dienone is 29. The lowest BCUT2D eigenvalue weighted by Crippen LogP contribution is -2.41. The van der Waals surface area contributed by atoms with Gasteiger partial charge in [0, 0.05) is 58.2 Å². The molecule has 0 amide bonds. The monoisotopic (exact) mass is 1210 g/mol. The van der Waals surface area contributed by atoms with E-state index < -0.39 is 0 Å². The summed E-state index contributed by atoms with van der Waals surface area (Å²) in [6, 6.07) is 37.5. The van der Waals surface area contributed by atoms with Gasteiger partial charge in [-0.2, -0.15) is 0 Å². The van der Waals surface area contributed by atoms with Gasteiger partial charge in [-0.15, -0.1) is 6.58 Å². The third-order valence-electron chi connectivity index (χ3n) is 22.4. The van der Waals surface area contributed by atoms with Crippen molar-refractivity contribution in [2.75, 3.05) is 16.4 Å². The predicted molar refractivity (Wildman–Crippen MR) is 391 cm³/mol. The van der Waals surface area contributed by atoms with E-state index in [-0.39, 0.29) is 23.0 Å². The van der Waals surface area contributed by atoms with Crippen LogP contribution in [0, 0.1) is 52.8 Å². The quantitative estimate of drug-likeness (QED) is 0.0871. The molecule has 3 nitrogen and oxygen atoms in total. The molecule has 1 saturated heterocycles. The summed E-state index contributed by atoms with van der Waals surface area (Å²) >= 11 is 0. The van der Waals surface area contributed by atoms with Gasteiger partial charge in [0.15, 0.2) is 0 Å². The Balaban J connectivity index is 0.766. The average molecular weight is 1210 g/mol.